The van der Waals surface area contributed by atoms with E-state index in [0.717, 1.165) is 0 Å². The molecule has 6 N–H and O–H groups in total. The zero-order valence-corrected chi connectivity index (χ0v) is 6.51. The first-order chi connectivity index (χ1) is 5.60. The van der Waals surface area contributed by atoms with Gasteiger partial charge in [-0.15, -0.1) is 0 Å². The van der Waals surface area contributed by atoms with Crippen LogP contribution >= 0.6 is 0 Å². The van der Waals surface area contributed by atoms with Gasteiger partial charge in [-0.3, -0.25) is 5.01 Å². The standard InChI is InChI=1S/C6H11N6/c7-5-1-10-6-2-11(8)4-12(6,9)3-5/h1-3H,4,7-9H2/q+1. The summed E-state index contributed by atoms with van der Waals surface area (Å²) in [6, 6.07) is 0. The van der Waals surface area contributed by atoms with Crippen LogP contribution in [-0.2, 0) is 0 Å². The van der Waals surface area contributed by atoms with Crippen LogP contribution < -0.4 is 17.4 Å². The first kappa shape index (κ1) is 7.29. The number of hydrazine groups is 1. The van der Waals surface area contributed by atoms with Crippen molar-refractivity contribution in [2.75, 3.05) is 6.67 Å². The van der Waals surface area contributed by atoms with Crippen molar-refractivity contribution in [3.05, 3.63) is 23.9 Å². The Labute approximate surface area is 69.8 Å². The van der Waals surface area contributed by atoms with Gasteiger partial charge in [0.15, 0.2) is 6.67 Å². The van der Waals surface area contributed by atoms with Crippen LogP contribution in [0.1, 0.15) is 0 Å². The molecule has 0 saturated heterocycles. The van der Waals surface area contributed by atoms with E-state index < -0.39 is 0 Å². The smallest absolute Gasteiger partial charge is 0.271 e. The molecule has 0 amide bonds. The molecule has 1 atom stereocenters. The summed E-state index contributed by atoms with van der Waals surface area (Å²) in [6.45, 7) is 0.466. The predicted molar refractivity (Wildman–Crippen MR) is 44.2 cm³/mol. The fourth-order valence-electron chi connectivity index (χ4n) is 1.33. The van der Waals surface area contributed by atoms with Gasteiger partial charge in [0, 0.05) is 0 Å². The Bertz CT molecular complexity index is 303. The van der Waals surface area contributed by atoms with Crippen LogP contribution in [0.25, 0.3) is 0 Å². The Kier molecular flexibility index (Phi) is 1.26. The Balaban J connectivity index is 2.42. The van der Waals surface area contributed by atoms with Crippen LogP contribution in [0.3, 0.4) is 0 Å². The number of aliphatic imine (C=N–C) groups is 1. The highest BCUT2D eigenvalue weighted by molar-refractivity contribution is 5.78. The summed E-state index contributed by atoms with van der Waals surface area (Å²) in [4.78, 5) is 4.06. The molecule has 2 aliphatic rings. The largest absolute Gasteiger partial charge is 0.393 e. The Morgan fingerprint density at radius 1 is 1.58 bits per heavy atom. The zero-order chi connectivity index (χ0) is 8.77. The van der Waals surface area contributed by atoms with Crippen LogP contribution in [0.4, 0.5) is 0 Å². The second-order valence-corrected chi connectivity index (χ2v) is 2.96. The lowest BCUT2D eigenvalue weighted by molar-refractivity contribution is -0.856. The number of hydrogen-bond acceptors (Lipinski definition) is 5. The van der Waals surface area contributed by atoms with E-state index >= 15 is 0 Å². The van der Waals surface area contributed by atoms with Gasteiger partial charge in [0.2, 0.25) is 0 Å². The molecule has 6 heteroatoms. The molecule has 0 aliphatic carbocycles. The quantitative estimate of drug-likeness (QED) is 0.302. The van der Waals surface area contributed by atoms with Gasteiger partial charge in [0.1, 0.15) is 18.1 Å². The Morgan fingerprint density at radius 3 is 3.08 bits per heavy atom. The van der Waals surface area contributed by atoms with Crippen LogP contribution in [0.15, 0.2) is 28.9 Å². The number of quaternary nitrogens is 1. The van der Waals surface area contributed by atoms with Gasteiger partial charge in [-0.1, -0.05) is 0 Å². The maximum Gasteiger partial charge on any atom is 0.271 e. The Hall–Kier alpha value is -1.37. The molecule has 2 heterocycles. The highest BCUT2D eigenvalue weighted by Gasteiger charge is 2.37. The van der Waals surface area contributed by atoms with Gasteiger partial charge in [-0.05, 0) is 0 Å². The maximum atomic E-state index is 5.92. The van der Waals surface area contributed by atoms with Gasteiger partial charge >= 0.3 is 0 Å². The van der Waals surface area contributed by atoms with Gasteiger partial charge in [0.05, 0.1) is 6.21 Å². The lowest BCUT2D eigenvalue weighted by Gasteiger charge is -2.25. The second-order valence-electron chi connectivity index (χ2n) is 2.96. The van der Waals surface area contributed by atoms with Crippen molar-refractivity contribution >= 4 is 6.21 Å². The monoisotopic (exact) mass is 167 g/mol. The molecule has 2 rings (SSSR count). The lowest BCUT2D eigenvalue weighted by atomic mass is 10.4. The van der Waals surface area contributed by atoms with Gasteiger partial charge < -0.3 is 5.73 Å². The van der Waals surface area contributed by atoms with E-state index in [0.29, 0.717) is 18.2 Å². The summed E-state index contributed by atoms with van der Waals surface area (Å²) in [5.74, 6) is 12.2. The molecule has 0 saturated carbocycles. The number of nitrogens with two attached hydrogens (primary N) is 3. The van der Waals surface area contributed by atoms with E-state index in [1.807, 2.05) is 0 Å². The predicted octanol–water partition coefficient (Wildman–Crippen LogP) is -1.49. The molecule has 0 aromatic heterocycles. The third-order valence-corrected chi connectivity index (χ3v) is 1.83. The van der Waals surface area contributed by atoms with Crippen molar-refractivity contribution < 1.29 is 4.59 Å². The van der Waals surface area contributed by atoms with Gasteiger partial charge in [-0.2, -0.15) is 15.4 Å². The first-order valence-electron chi connectivity index (χ1n) is 3.53. The van der Waals surface area contributed by atoms with Crippen molar-refractivity contribution in [1.82, 2.24) is 5.01 Å². The lowest BCUT2D eigenvalue weighted by Crippen LogP contribution is -2.51. The molecule has 12 heavy (non-hydrogen) atoms. The molecule has 2 aliphatic heterocycles. The molecule has 0 aromatic carbocycles. The molecule has 0 fully saturated rings. The van der Waals surface area contributed by atoms with Crippen molar-refractivity contribution in [1.29, 1.82) is 0 Å². The molecular weight excluding hydrogens is 156 g/mol. The summed E-state index contributed by atoms with van der Waals surface area (Å²) in [5, 5.41) is 1.49. The minimum absolute atomic E-state index is 0.0683. The molecule has 64 valence electrons. The van der Waals surface area contributed by atoms with Crippen LogP contribution in [0.2, 0.25) is 0 Å². The van der Waals surface area contributed by atoms with E-state index in [4.69, 9.17) is 17.4 Å². The third kappa shape index (κ3) is 0.900. The van der Waals surface area contributed by atoms with Crippen LogP contribution in [0.5, 0.6) is 0 Å². The molecule has 0 aromatic rings. The average molecular weight is 167 g/mol. The van der Waals surface area contributed by atoms with Crippen molar-refractivity contribution in [3.8, 4) is 0 Å². The zero-order valence-electron chi connectivity index (χ0n) is 6.51. The number of fused-ring (bicyclic) bond motifs is 1. The highest BCUT2D eigenvalue weighted by Crippen LogP contribution is 2.23. The number of nitrogens with zero attached hydrogens (tertiary/aromatic N) is 3. The van der Waals surface area contributed by atoms with E-state index in [2.05, 4.69) is 4.99 Å². The topological polar surface area (TPSA) is 93.7 Å². The number of allylic oxidation sites excluding steroid dienone is 1. The summed E-state index contributed by atoms with van der Waals surface area (Å²) in [6.07, 6.45) is 4.97. The summed E-state index contributed by atoms with van der Waals surface area (Å²) < 4.78 is 0.0683. The molecule has 0 radical (unpaired) electrons. The normalized spacial score (nSPS) is 33.0. The number of rotatable bonds is 0. The SMILES string of the molecule is NC1=C[N+]2(N)CN(N)C=C2N=C1. The van der Waals surface area contributed by atoms with E-state index in [-0.39, 0.29) is 4.59 Å². The fraction of sp³-hybridized carbons (Fsp3) is 0.167. The maximum absolute atomic E-state index is 5.92. The van der Waals surface area contributed by atoms with E-state index in [9.17, 15) is 0 Å². The highest BCUT2D eigenvalue weighted by atomic mass is 15.7. The third-order valence-electron chi connectivity index (χ3n) is 1.83. The van der Waals surface area contributed by atoms with Crippen LogP contribution in [-0.4, -0.2) is 22.5 Å². The van der Waals surface area contributed by atoms with Gasteiger partial charge in [0.25, 0.3) is 5.82 Å². The second kappa shape index (κ2) is 2.07. The summed E-state index contributed by atoms with van der Waals surface area (Å²) in [5.41, 5.74) is 6.11. The van der Waals surface area contributed by atoms with Crippen LogP contribution in [0, 0.1) is 0 Å². The molecular formula is C6H11N6+. The average Bonchev–Trinajstić information content (AvgIpc) is 2.22. The van der Waals surface area contributed by atoms with E-state index in [1.165, 1.54) is 5.01 Å². The molecule has 6 nitrogen and oxygen atoms in total. The minimum atomic E-state index is 0.0683. The summed E-state index contributed by atoms with van der Waals surface area (Å²) >= 11 is 0. The van der Waals surface area contributed by atoms with Crippen molar-refractivity contribution in [2.24, 2.45) is 22.4 Å². The van der Waals surface area contributed by atoms with Crippen molar-refractivity contribution in [2.45, 2.75) is 0 Å². The minimum Gasteiger partial charge on any atom is -0.393 e. The van der Waals surface area contributed by atoms with Crippen molar-refractivity contribution in [3.63, 3.8) is 0 Å². The Morgan fingerprint density at radius 2 is 2.33 bits per heavy atom. The molecule has 0 bridgehead atoms. The van der Waals surface area contributed by atoms with E-state index in [1.54, 1.807) is 18.6 Å². The first-order valence-corrected chi connectivity index (χ1v) is 3.53. The molecule has 0 spiro atoms. The molecule has 1 unspecified atom stereocenters. The fourth-order valence-corrected chi connectivity index (χ4v) is 1.33. The summed E-state index contributed by atoms with van der Waals surface area (Å²) in [7, 11) is 0. The van der Waals surface area contributed by atoms with Gasteiger partial charge in [-0.25, -0.2) is 5.84 Å². The number of hydrogen-bond donors (Lipinski definition) is 3.